The molecule has 110 valence electrons. The van der Waals surface area contributed by atoms with Gasteiger partial charge in [-0.2, -0.15) is 0 Å². The monoisotopic (exact) mass is 308 g/mol. The van der Waals surface area contributed by atoms with Crippen LogP contribution in [0.4, 0.5) is 0 Å². The van der Waals surface area contributed by atoms with Crippen molar-refractivity contribution >= 4 is 28.7 Å². The Kier molecular flexibility index (Phi) is 4.39. The van der Waals surface area contributed by atoms with E-state index in [2.05, 4.69) is 29.3 Å². The Morgan fingerprint density at radius 1 is 1.09 bits per heavy atom. The van der Waals surface area contributed by atoms with Gasteiger partial charge in [0, 0.05) is 12.8 Å². The molecule has 0 bridgehead atoms. The summed E-state index contributed by atoms with van der Waals surface area (Å²) in [6, 6.07) is 17.6. The number of aromatic nitrogens is 2. The number of para-hydroxylation sites is 1. The van der Waals surface area contributed by atoms with Crippen molar-refractivity contribution in [3.8, 4) is 0 Å². The van der Waals surface area contributed by atoms with E-state index in [1.54, 1.807) is 23.4 Å². The molecule has 3 aromatic rings. The third-order valence-electron chi connectivity index (χ3n) is 3.36. The Morgan fingerprint density at radius 2 is 1.82 bits per heavy atom. The third kappa shape index (κ3) is 3.12. The number of hydrogen-bond donors (Lipinski definition) is 0. The minimum Gasteiger partial charge on any atom is -0.290 e. The second kappa shape index (κ2) is 6.62. The van der Waals surface area contributed by atoms with Crippen LogP contribution in [0.1, 0.15) is 5.56 Å². The minimum atomic E-state index is 0.000129. The lowest BCUT2D eigenvalue weighted by Crippen LogP contribution is -2.19. The second-order valence-corrected chi connectivity index (χ2v) is 5.89. The number of fused-ring (bicyclic) bond motifs is 1. The van der Waals surface area contributed by atoms with Gasteiger partial charge in [0.05, 0.1) is 10.9 Å². The smallest absolute Gasteiger partial charge is 0.261 e. The predicted molar refractivity (Wildman–Crippen MR) is 93.2 cm³/mol. The molecule has 3 nitrogen and oxygen atoms in total. The van der Waals surface area contributed by atoms with E-state index in [4.69, 9.17) is 0 Å². The van der Waals surface area contributed by atoms with Gasteiger partial charge in [-0.05, 0) is 17.7 Å². The number of rotatable bonds is 4. The van der Waals surface area contributed by atoms with Crippen LogP contribution in [0.15, 0.2) is 70.6 Å². The van der Waals surface area contributed by atoms with Crippen LogP contribution >= 0.6 is 11.8 Å². The summed E-state index contributed by atoms with van der Waals surface area (Å²) in [6.45, 7) is 0. The number of nitrogens with zero attached hydrogens (tertiary/aromatic N) is 2. The summed E-state index contributed by atoms with van der Waals surface area (Å²) in [5, 5.41) is 1.40. The summed E-state index contributed by atoms with van der Waals surface area (Å²) in [7, 11) is 1.77. The molecule has 2 aromatic carbocycles. The predicted octanol–water partition coefficient (Wildman–Crippen LogP) is 3.74. The summed E-state index contributed by atoms with van der Waals surface area (Å²) in [6.07, 6.45) is 4.16. The maximum Gasteiger partial charge on any atom is 0.261 e. The van der Waals surface area contributed by atoms with Crippen LogP contribution in [-0.4, -0.2) is 15.3 Å². The van der Waals surface area contributed by atoms with Crippen LogP contribution in [0.5, 0.6) is 0 Å². The number of benzene rings is 2. The van der Waals surface area contributed by atoms with Gasteiger partial charge in [-0.3, -0.25) is 9.36 Å². The van der Waals surface area contributed by atoms with Crippen LogP contribution in [0.3, 0.4) is 0 Å². The van der Waals surface area contributed by atoms with Crippen molar-refractivity contribution in [1.82, 2.24) is 9.55 Å². The molecule has 0 radical (unpaired) electrons. The molecular weight excluding hydrogens is 292 g/mol. The first-order valence-corrected chi connectivity index (χ1v) is 8.04. The largest absolute Gasteiger partial charge is 0.290 e. The van der Waals surface area contributed by atoms with Gasteiger partial charge < -0.3 is 0 Å². The van der Waals surface area contributed by atoms with Crippen LogP contribution in [-0.2, 0) is 7.05 Å². The van der Waals surface area contributed by atoms with E-state index in [0.29, 0.717) is 5.39 Å². The third-order valence-corrected chi connectivity index (χ3v) is 4.34. The van der Waals surface area contributed by atoms with Crippen LogP contribution in [0, 0.1) is 0 Å². The fourth-order valence-electron chi connectivity index (χ4n) is 2.20. The minimum absolute atomic E-state index is 0.000129. The Labute approximate surface area is 133 Å². The van der Waals surface area contributed by atoms with E-state index >= 15 is 0 Å². The lowest BCUT2D eigenvalue weighted by Gasteiger charge is -2.07. The zero-order valence-corrected chi connectivity index (χ0v) is 13.1. The molecule has 0 atom stereocenters. The molecule has 0 spiro atoms. The molecule has 1 heterocycles. The molecule has 1 aromatic heterocycles. The van der Waals surface area contributed by atoms with Gasteiger partial charge in [0.15, 0.2) is 5.16 Å². The molecule has 0 aliphatic rings. The first-order valence-electron chi connectivity index (χ1n) is 7.06. The molecule has 4 heteroatoms. The molecule has 0 amide bonds. The Balaban J connectivity index is 1.78. The molecule has 0 saturated carbocycles. The molecule has 0 N–H and O–H groups in total. The average Bonchev–Trinajstić information content (AvgIpc) is 2.57. The molecule has 0 fully saturated rings. The lowest BCUT2D eigenvalue weighted by atomic mass is 10.2. The van der Waals surface area contributed by atoms with E-state index in [0.717, 1.165) is 16.4 Å². The summed E-state index contributed by atoms with van der Waals surface area (Å²) in [5.74, 6) is 0.771. The summed E-state index contributed by atoms with van der Waals surface area (Å²) < 4.78 is 1.61. The molecular formula is C18H16N2OS. The SMILES string of the molecule is Cn1c(SC/C=C/c2ccccc2)nc2ccccc2c1=O. The van der Waals surface area contributed by atoms with Crippen LogP contribution in [0.25, 0.3) is 17.0 Å². The summed E-state index contributed by atoms with van der Waals surface area (Å²) in [4.78, 5) is 16.9. The Hall–Kier alpha value is -2.33. The summed E-state index contributed by atoms with van der Waals surface area (Å²) >= 11 is 1.56. The van der Waals surface area contributed by atoms with Crippen molar-refractivity contribution < 1.29 is 0 Å². The molecule has 0 aliphatic heterocycles. The van der Waals surface area contributed by atoms with E-state index < -0.39 is 0 Å². The molecule has 0 unspecified atom stereocenters. The summed E-state index contributed by atoms with van der Waals surface area (Å²) in [5.41, 5.74) is 1.92. The van der Waals surface area contributed by atoms with E-state index in [-0.39, 0.29) is 5.56 Å². The second-order valence-electron chi connectivity index (χ2n) is 4.90. The Bertz CT molecular complexity index is 869. The van der Waals surface area contributed by atoms with Gasteiger partial charge in [0.25, 0.3) is 5.56 Å². The van der Waals surface area contributed by atoms with Crippen molar-refractivity contribution in [1.29, 1.82) is 0 Å². The fraction of sp³-hybridized carbons (Fsp3) is 0.111. The van der Waals surface area contributed by atoms with Crippen molar-refractivity contribution in [2.45, 2.75) is 5.16 Å². The van der Waals surface area contributed by atoms with Gasteiger partial charge in [-0.25, -0.2) is 4.98 Å². The Morgan fingerprint density at radius 3 is 2.64 bits per heavy atom. The number of hydrogen-bond acceptors (Lipinski definition) is 3. The highest BCUT2D eigenvalue weighted by Crippen LogP contribution is 2.17. The first-order chi connectivity index (χ1) is 10.8. The van der Waals surface area contributed by atoms with Gasteiger partial charge in [0.1, 0.15) is 0 Å². The van der Waals surface area contributed by atoms with E-state index in [1.165, 1.54) is 5.56 Å². The quantitative estimate of drug-likeness (QED) is 0.544. The maximum atomic E-state index is 12.3. The van der Waals surface area contributed by atoms with E-state index in [9.17, 15) is 4.79 Å². The van der Waals surface area contributed by atoms with Crippen molar-refractivity contribution in [2.75, 3.05) is 5.75 Å². The molecule has 22 heavy (non-hydrogen) atoms. The van der Waals surface area contributed by atoms with Gasteiger partial charge in [0.2, 0.25) is 0 Å². The highest BCUT2D eigenvalue weighted by molar-refractivity contribution is 7.99. The first kappa shape index (κ1) is 14.6. The van der Waals surface area contributed by atoms with Gasteiger partial charge >= 0.3 is 0 Å². The van der Waals surface area contributed by atoms with E-state index in [1.807, 2.05) is 42.5 Å². The zero-order valence-electron chi connectivity index (χ0n) is 12.3. The lowest BCUT2D eigenvalue weighted by molar-refractivity contribution is 0.727. The fourth-order valence-corrected chi connectivity index (χ4v) is 2.98. The standard InChI is InChI=1S/C18H16N2OS/c1-20-17(21)15-11-5-6-12-16(15)19-18(20)22-13-7-10-14-8-3-2-4-9-14/h2-12H,13H2,1H3/b10-7+. The average molecular weight is 308 g/mol. The zero-order chi connectivity index (χ0) is 15.4. The van der Waals surface area contributed by atoms with Crippen LogP contribution in [0.2, 0.25) is 0 Å². The topological polar surface area (TPSA) is 34.9 Å². The normalized spacial score (nSPS) is 11.3. The molecule has 3 rings (SSSR count). The number of thioether (sulfide) groups is 1. The maximum absolute atomic E-state index is 12.3. The van der Waals surface area contributed by atoms with Crippen molar-refractivity contribution in [3.05, 3.63) is 76.6 Å². The van der Waals surface area contributed by atoms with Gasteiger partial charge in [-0.1, -0.05) is 66.4 Å². The van der Waals surface area contributed by atoms with Crippen LogP contribution < -0.4 is 5.56 Å². The molecule has 0 saturated heterocycles. The molecule has 0 aliphatic carbocycles. The highest BCUT2D eigenvalue weighted by Gasteiger charge is 2.07. The highest BCUT2D eigenvalue weighted by atomic mass is 32.2. The van der Waals surface area contributed by atoms with Gasteiger partial charge in [-0.15, -0.1) is 0 Å². The van der Waals surface area contributed by atoms with Crippen molar-refractivity contribution in [2.24, 2.45) is 7.05 Å². The van der Waals surface area contributed by atoms with Crippen molar-refractivity contribution in [3.63, 3.8) is 0 Å².